The molecule has 3 rings (SSSR count). The highest BCUT2D eigenvalue weighted by Gasteiger charge is 2.26. The molecule has 0 aliphatic carbocycles. The highest BCUT2D eigenvalue weighted by atomic mass is 79.9. The van der Waals surface area contributed by atoms with Gasteiger partial charge in [0.2, 0.25) is 0 Å². The summed E-state index contributed by atoms with van der Waals surface area (Å²) in [7, 11) is 0. The number of benzene rings is 2. The molecule has 1 aliphatic heterocycles. The van der Waals surface area contributed by atoms with Gasteiger partial charge < -0.3 is 5.32 Å². The first kappa shape index (κ1) is 12.4. The Morgan fingerprint density at radius 3 is 2.74 bits per heavy atom. The summed E-state index contributed by atoms with van der Waals surface area (Å²) in [5.74, 6) is -0.215. The van der Waals surface area contributed by atoms with Gasteiger partial charge in [0.05, 0.1) is 16.4 Å². The molecular formula is C14H8BrClN2O. The van der Waals surface area contributed by atoms with Gasteiger partial charge in [-0.05, 0) is 30.3 Å². The Morgan fingerprint density at radius 1 is 1.16 bits per heavy atom. The Hall–Kier alpha value is -1.65. The molecule has 1 N–H and O–H groups in total. The zero-order valence-corrected chi connectivity index (χ0v) is 12.0. The van der Waals surface area contributed by atoms with Crippen molar-refractivity contribution >= 4 is 50.5 Å². The maximum absolute atomic E-state index is 12.0. The highest BCUT2D eigenvalue weighted by Crippen LogP contribution is 2.30. The molecule has 1 heterocycles. The predicted molar refractivity (Wildman–Crippen MR) is 80.4 cm³/mol. The molecule has 0 fully saturated rings. The fraction of sp³-hybridized carbons (Fsp3) is 0. The number of halogens is 2. The fourth-order valence-corrected chi connectivity index (χ4v) is 2.44. The molecular weight excluding hydrogens is 328 g/mol. The van der Waals surface area contributed by atoms with E-state index in [4.69, 9.17) is 11.6 Å². The molecule has 0 saturated heterocycles. The summed E-state index contributed by atoms with van der Waals surface area (Å²) in [6.07, 6.45) is 0. The van der Waals surface area contributed by atoms with Gasteiger partial charge in [0, 0.05) is 10.0 Å². The van der Waals surface area contributed by atoms with Crippen LogP contribution in [0.1, 0.15) is 5.56 Å². The van der Waals surface area contributed by atoms with Crippen molar-refractivity contribution in [1.29, 1.82) is 0 Å². The number of carbonyl (C=O) groups excluding carboxylic acids is 1. The number of para-hydroxylation sites is 1. The molecule has 0 atom stereocenters. The molecule has 1 aliphatic rings. The van der Waals surface area contributed by atoms with Gasteiger partial charge in [-0.3, -0.25) is 4.79 Å². The van der Waals surface area contributed by atoms with Crippen molar-refractivity contribution < 1.29 is 4.79 Å². The second-order valence-electron chi connectivity index (χ2n) is 4.06. The second kappa shape index (κ2) is 4.79. The molecule has 2 aromatic rings. The van der Waals surface area contributed by atoms with Gasteiger partial charge in [0.15, 0.2) is 0 Å². The van der Waals surface area contributed by atoms with E-state index < -0.39 is 0 Å². The summed E-state index contributed by atoms with van der Waals surface area (Å²) >= 11 is 9.45. The third-order valence-corrected chi connectivity index (χ3v) is 3.60. The third kappa shape index (κ3) is 2.29. The van der Waals surface area contributed by atoms with Crippen LogP contribution in [0.15, 0.2) is 51.9 Å². The summed E-state index contributed by atoms with van der Waals surface area (Å²) in [6.45, 7) is 0. The average molecular weight is 336 g/mol. The topological polar surface area (TPSA) is 41.5 Å². The van der Waals surface area contributed by atoms with Crippen LogP contribution in [0, 0.1) is 0 Å². The van der Waals surface area contributed by atoms with E-state index in [0.29, 0.717) is 16.4 Å². The van der Waals surface area contributed by atoms with Crippen molar-refractivity contribution in [3.8, 4) is 0 Å². The third-order valence-electron chi connectivity index (χ3n) is 2.78. The number of amides is 1. The lowest BCUT2D eigenvalue weighted by atomic mass is 10.1. The quantitative estimate of drug-likeness (QED) is 0.834. The van der Waals surface area contributed by atoms with E-state index in [0.717, 1.165) is 15.7 Å². The highest BCUT2D eigenvalue weighted by molar-refractivity contribution is 9.10. The summed E-state index contributed by atoms with van der Waals surface area (Å²) in [5, 5.41) is 3.30. The standard InChI is InChI=1S/C14H8BrClN2O/c15-8-5-6-11-9(7-8)13(14(19)18-11)17-12-4-2-1-3-10(12)16/h1-7H,(H,17,18,19). The van der Waals surface area contributed by atoms with Crippen LogP contribution in [0.5, 0.6) is 0 Å². The van der Waals surface area contributed by atoms with Crippen LogP contribution in [0.4, 0.5) is 11.4 Å². The largest absolute Gasteiger partial charge is 0.320 e. The molecule has 3 nitrogen and oxygen atoms in total. The Balaban J connectivity index is 2.14. The number of carbonyl (C=O) groups is 1. The maximum atomic E-state index is 12.0. The first-order chi connectivity index (χ1) is 9.15. The Labute approximate surface area is 123 Å². The van der Waals surface area contributed by atoms with Crippen LogP contribution in [0.25, 0.3) is 0 Å². The lowest BCUT2D eigenvalue weighted by Gasteiger charge is -2.00. The SMILES string of the molecule is O=C1Nc2ccc(Br)cc2C1=Nc1ccccc1Cl. The number of hydrogen-bond acceptors (Lipinski definition) is 2. The van der Waals surface area contributed by atoms with E-state index in [9.17, 15) is 4.79 Å². The predicted octanol–water partition coefficient (Wildman–Crippen LogP) is 4.18. The Bertz CT molecular complexity index is 712. The van der Waals surface area contributed by atoms with Crippen LogP contribution in [-0.4, -0.2) is 11.6 Å². The van der Waals surface area contributed by atoms with E-state index in [-0.39, 0.29) is 5.91 Å². The minimum atomic E-state index is -0.215. The minimum absolute atomic E-state index is 0.215. The van der Waals surface area contributed by atoms with Crippen molar-refractivity contribution in [2.24, 2.45) is 4.99 Å². The molecule has 0 radical (unpaired) electrons. The lowest BCUT2D eigenvalue weighted by molar-refractivity contribution is -0.110. The molecule has 19 heavy (non-hydrogen) atoms. The molecule has 94 valence electrons. The molecule has 5 heteroatoms. The van der Waals surface area contributed by atoms with E-state index >= 15 is 0 Å². The number of nitrogens with zero attached hydrogens (tertiary/aromatic N) is 1. The number of anilines is 1. The van der Waals surface area contributed by atoms with Crippen LogP contribution in [-0.2, 0) is 4.79 Å². The first-order valence-electron chi connectivity index (χ1n) is 5.59. The van der Waals surface area contributed by atoms with Crippen molar-refractivity contribution in [1.82, 2.24) is 0 Å². The van der Waals surface area contributed by atoms with Gasteiger partial charge >= 0.3 is 0 Å². The zero-order chi connectivity index (χ0) is 13.4. The number of aliphatic imine (C=N–C) groups is 1. The number of hydrogen-bond donors (Lipinski definition) is 1. The van der Waals surface area contributed by atoms with E-state index in [1.54, 1.807) is 12.1 Å². The molecule has 2 aromatic carbocycles. The van der Waals surface area contributed by atoms with Crippen molar-refractivity contribution in [2.75, 3.05) is 5.32 Å². The summed E-state index contributed by atoms with van der Waals surface area (Å²) < 4.78 is 0.898. The zero-order valence-electron chi connectivity index (χ0n) is 9.65. The lowest BCUT2D eigenvalue weighted by Crippen LogP contribution is -2.13. The molecule has 0 unspecified atom stereocenters. The molecule has 0 bridgehead atoms. The van der Waals surface area contributed by atoms with Gasteiger partial charge in [0.1, 0.15) is 5.71 Å². The number of fused-ring (bicyclic) bond motifs is 1. The fourth-order valence-electron chi connectivity index (χ4n) is 1.90. The summed E-state index contributed by atoms with van der Waals surface area (Å²) in [5.41, 5.74) is 2.50. The summed E-state index contributed by atoms with van der Waals surface area (Å²) in [4.78, 5) is 16.3. The van der Waals surface area contributed by atoms with Gasteiger partial charge in [-0.1, -0.05) is 39.7 Å². The molecule has 1 amide bonds. The van der Waals surface area contributed by atoms with Crippen LogP contribution in [0.3, 0.4) is 0 Å². The van der Waals surface area contributed by atoms with Crippen LogP contribution in [0.2, 0.25) is 5.02 Å². The van der Waals surface area contributed by atoms with Crippen molar-refractivity contribution in [3.05, 3.63) is 57.5 Å². The second-order valence-corrected chi connectivity index (χ2v) is 5.38. The van der Waals surface area contributed by atoms with Gasteiger partial charge in [0.25, 0.3) is 5.91 Å². The van der Waals surface area contributed by atoms with Gasteiger partial charge in [-0.2, -0.15) is 0 Å². The molecule has 0 saturated carbocycles. The van der Waals surface area contributed by atoms with Gasteiger partial charge in [-0.25, -0.2) is 4.99 Å². The minimum Gasteiger partial charge on any atom is -0.320 e. The van der Waals surface area contributed by atoms with Gasteiger partial charge in [-0.15, -0.1) is 0 Å². The number of nitrogens with one attached hydrogen (secondary N) is 1. The molecule has 0 aromatic heterocycles. The van der Waals surface area contributed by atoms with E-state index in [2.05, 4.69) is 26.2 Å². The Morgan fingerprint density at radius 2 is 1.95 bits per heavy atom. The average Bonchev–Trinajstić information content (AvgIpc) is 2.69. The van der Waals surface area contributed by atoms with Crippen LogP contribution < -0.4 is 5.32 Å². The van der Waals surface area contributed by atoms with Crippen molar-refractivity contribution in [2.45, 2.75) is 0 Å². The Kier molecular flexibility index (Phi) is 3.12. The van der Waals surface area contributed by atoms with Crippen molar-refractivity contribution in [3.63, 3.8) is 0 Å². The number of rotatable bonds is 1. The smallest absolute Gasteiger partial charge is 0.275 e. The summed E-state index contributed by atoms with van der Waals surface area (Å²) in [6, 6.07) is 12.8. The van der Waals surface area contributed by atoms with Crippen LogP contribution >= 0.6 is 27.5 Å². The normalized spacial score (nSPS) is 15.5. The first-order valence-corrected chi connectivity index (χ1v) is 6.77. The molecule has 0 spiro atoms. The van der Waals surface area contributed by atoms with E-state index in [1.165, 1.54) is 0 Å². The monoisotopic (exact) mass is 334 g/mol. The van der Waals surface area contributed by atoms with E-state index in [1.807, 2.05) is 30.3 Å². The maximum Gasteiger partial charge on any atom is 0.275 e.